The largest absolute Gasteiger partial charge is 0.478 e. The van der Waals surface area contributed by atoms with Crippen molar-refractivity contribution >= 4 is 28.4 Å². The number of carboxylic acids is 1. The van der Waals surface area contributed by atoms with Gasteiger partial charge >= 0.3 is 12.1 Å². The molecule has 0 saturated carbocycles. The molecular formula is C10H8ClF3O3S. The summed E-state index contributed by atoms with van der Waals surface area (Å²) >= 11 is 5.59. The highest BCUT2D eigenvalue weighted by Crippen LogP contribution is 2.23. The van der Waals surface area contributed by atoms with E-state index in [0.717, 1.165) is 6.07 Å². The second kappa shape index (κ2) is 5.71. The Morgan fingerprint density at radius 2 is 2.00 bits per heavy atom. The van der Waals surface area contributed by atoms with Crippen molar-refractivity contribution in [1.82, 2.24) is 0 Å². The summed E-state index contributed by atoms with van der Waals surface area (Å²) < 4.78 is 47.4. The molecule has 1 rings (SSSR count). The Morgan fingerprint density at radius 1 is 1.39 bits per heavy atom. The van der Waals surface area contributed by atoms with Crippen LogP contribution < -0.4 is 0 Å². The fourth-order valence-corrected chi connectivity index (χ4v) is 2.46. The number of halogens is 4. The van der Waals surface area contributed by atoms with E-state index >= 15 is 0 Å². The van der Waals surface area contributed by atoms with Gasteiger partial charge in [0.2, 0.25) is 0 Å². The molecule has 0 aliphatic heterocycles. The lowest BCUT2D eigenvalue weighted by Crippen LogP contribution is -2.13. The fourth-order valence-electron chi connectivity index (χ4n) is 1.14. The van der Waals surface area contributed by atoms with Crippen LogP contribution in [0.5, 0.6) is 0 Å². The van der Waals surface area contributed by atoms with Crippen LogP contribution in [0.3, 0.4) is 0 Å². The van der Waals surface area contributed by atoms with Crippen LogP contribution in [0, 0.1) is 0 Å². The van der Waals surface area contributed by atoms with E-state index in [2.05, 4.69) is 0 Å². The number of rotatable bonds is 4. The first-order chi connectivity index (χ1) is 8.20. The lowest BCUT2D eigenvalue weighted by molar-refractivity contribution is -0.129. The molecule has 0 fully saturated rings. The van der Waals surface area contributed by atoms with Crippen LogP contribution in [0.4, 0.5) is 13.2 Å². The van der Waals surface area contributed by atoms with Gasteiger partial charge in [0.1, 0.15) is 0 Å². The van der Waals surface area contributed by atoms with Crippen LogP contribution in [-0.4, -0.2) is 27.2 Å². The van der Waals surface area contributed by atoms with Crippen molar-refractivity contribution in [1.29, 1.82) is 0 Å². The molecule has 18 heavy (non-hydrogen) atoms. The van der Waals surface area contributed by atoms with E-state index in [0.29, 0.717) is 0 Å². The molecule has 0 aromatic heterocycles. The van der Waals surface area contributed by atoms with E-state index < -0.39 is 35.1 Å². The molecule has 0 amide bonds. The van der Waals surface area contributed by atoms with Gasteiger partial charge in [0.25, 0.3) is 0 Å². The maximum atomic E-state index is 12.0. The molecule has 1 aromatic rings. The highest BCUT2D eigenvalue weighted by atomic mass is 35.5. The van der Waals surface area contributed by atoms with Crippen LogP contribution >= 0.6 is 11.6 Å². The van der Waals surface area contributed by atoms with Crippen LogP contribution in [0.15, 0.2) is 23.1 Å². The van der Waals surface area contributed by atoms with Crippen LogP contribution in [0.25, 0.3) is 0 Å². The van der Waals surface area contributed by atoms with E-state index in [1.165, 1.54) is 12.1 Å². The topological polar surface area (TPSA) is 54.4 Å². The van der Waals surface area contributed by atoms with Crippen molar-refractivity contribution in [3.8, 4) is 0 Å². The minimum Gasteiger partial charge on any atom is -0.478 e. The minimum atomic E-state index is -4.39. The number of hydrogen-bond acceptors (Lipinski definition) is 2. The number of benzene rings is 1. The van der Waals surface area contributed by atoms with Crippen LogP contribution in [0.2, 0.25) is 5.02 Å². The molecule has 1 aromatic carbocycles. The zero-order valence-electron chi connectivity index (χ0n) is 8.83. The first kappa shape index (κ1) is 15.0. The van der Waals surface area contributed by atoms with Gasteiger partial charge in [-0.3, -0.25) is 4.21 Å². The second-order valence-corrected chi connectivity index (χ2v) is 5.34. The van der Waals surface area contributed by atoms with E-state index in [4.69, 9.17) is 16.7 Å². The maximum Gasteiger partial charge on any atom is 0.390 e. The molecule has 0 aliphatic carbocycles. The lowest BCUT2D eigenvalue weighted by atomic mass is 10.2. The van der Waals surface area contributed by atoms with Crippen molar-refractivity contribution < 1.29 is 27.3 Å². The minimum absolute atomic E-state index is 0.0149. The predicted molar refractivity (Wildman–Crippen MR) is 60.4 cm³/mol. The van der Waals surface area contributed by atoms with Gasteiger partial charge in [0.05, 0.1) is 27.8 Å². The number of aromatic carboxylic acids is 1. The summed E-state index contributed by atoms with van der Waals surface area (Å²) in [5.41, 5.74) is -0.283. The SMILES string of the molecule is O=C(O)c1cc(S(=O)CCC(F)(F)F)ccc1Cl. The average molecular weight is 301 g/mol. The third kappa shape index (κ3) is 4.30. The first-order valence-corrected chi connectivity index (χ1v) is 6.38. The molecule has 1 unspecified atom stereocenters. The normalized spacial score (nSPS) is 13.3. The molecule has 100 valence electrons. The van der Waals surface area contributed by atoms with Gasteiger partial charge in [0.15, 0.2) is 0 Å². The molecule has 0 bridgehead atoms. The third-order valence-electron chi connectivity index (χ3n) is 2.00. The molecule has 1 atom stereocenters. The van der Waals surface area contributed by atoms with Crippen molar-refractivity contribution in [3.05, 3.63) is 28.8 Å². The Balaban J connectivity index is 2.87. The van der Waals surface area contributed by atoms with E-state index in [1.54, 1.807) is 0 Å². The van der Waals surface area contributed by atoms with Crippen LogP contribution in [-0.2, 0) is 10.8 Å². The van der Waals surface area contributed by atoms with Crippen molar-refractivity contribution in [2.45, 2.75) is 17.5 Å². The zero-order chi connectivity index (χ0) is 13.9. The second-order valence-electron chi connectivity index (χ2n) is 3.36. The molecule has 0 spiro atoms. The Kier molecular flexibility index (Phi) is 4.75. The summed E-state index contributed by atoms with van der Waals surface area (Å²) in [5.74, 6) is -1.93. The van der Waals surface area contributed by atoms with Gasteiger partial charge in [-0.1, -0.05) is 11.6 Å². The average Bonchev–Trinajstić information content (AvgIpc) is 2.25. The molecule has 0 saturated heterocycles. The summed E-state index contributed by atoms with van der Waals surface area (Å²) in [7, 11) is -1.91. The van der Waals surface area contributed by atoms with Gasteiger partial charge < -0.3 is 5.11 Å². The summed E-state index contributed by atoms with van der Waals surface area (Å²) in [5, 5.41) is 8.71. The molecule has 8 heteroatoms. The highest BCUT2D eigenvalue weighted by Gasteiger charge is 2.28. The molecule has 0 heterocycles. The standard InChI is InChI=1S/C10H8ClF3O3S/c11-8-2-1-6(5-7(8)9(15)16)18(17)4-3-10(12,13)14/h1-2,5H,3-4H2,(H,15,16). The number of carboxylic acid groups (broad SMARTS) is 1. The Hall–Kier alpha value is -1.08. The summed E-state index contributed by atoms with van der Waals surface area (Å²) in [4.78, 5) is 10.8. The summed E-state index contributed by atoms with van der Waals surface area (Å²) in [6.07, 6.45) is -5.58. The smallest absolute Gasteiger partial charge is 0.390 e. The molecular weight excluding hydrogens is 293 g/mol. The van der Waals surface area contributed by atoms with Gasteiger partial charge in [-0.2, -0.15) is 13.2 Å². The van der Waals surface area contributed by atoms with E-state index in [-0.39, 0.29) is 15.5 Å². The third-order valence-corrected chi connectivity index (χ3v) is 3.69. The van der Waals surface area contributed by atoms with Crippen molar-refractivity contribution in [3.63, 3.8) is 0 Å². The molecule has 0 aliphatic rings. The number of hydrogen-bond donors (Lipinski definition) is 1. The maximum absolute atomic E-state index is 12.0. The van der Waals surface area contributed by atoms with Gasteiger partial charge in [0, 0.05) is 10.6 Å². The molecule has 0 radical (unpaired) electrons. The Labute approximate surface area is 108 Å². The summed E-state index contributed by atoms with van der Waals surface area (Å²) in [6.45, 7) is 0. The van der Waals surface area contributed by atoms with E-state index in [1.807, 2.05) is 0 Å². The number of carbonyl (C=O) groups is 1. The zero-order valence-corrected chi connectivity index (χ0v) is 10.4. The number of alkyl halides is 3. The molecule has 1 N–H and O–H groups in total. The van der Waals surface area contributed by atoms with Crippen molar-refractivity contribution in [2.75, 3.05) is 5.75 Å². The highest BCUT2D eigenvalue weighted by molar-refractivity contribution is 7.85. The Bertz CT molecular complexity index is 488. The van der Waals surface area contributed by atoms with Crippen molar-refractivity contribution in [2.24, 2.45) is 0 Å². The van der Waals surface area contributed by atoms with Gasteiger partial charge in [-0.15, -0.1) is 0 Å². The lowest BCUT2D eigenvalue weighted by Gasteiger charge is -2.07. The fraction of sp³-hybridized carbons (Fsp3) is 0.300. The summed E-state index contributed by atoms with van der Waals surface area (Å²) in [6, 6.07) is 3.48. The monoisotopic (exact) mass is 300 g/mol. The van der Waals surface area contributed by atoms with E-state index in [9.17, 15) is 22.2 Å². The predicted octanol–water partition coefficient (Wildman–Crippen LogP) is 3.10. The first-order valence-electron chi connectivity index (χ1n) is 4.68. The van der Waals surface area contributed by atoms with Crippen LogP contribution in [0.1, 0.15) is 16.8 Å². The van der Waals surface area contributed by atoms with Gasteiger partial charge in [-0.25, -0.2) is 4.79 Å². The Morgan fingerprint density at radius 3 is 2.50 bits per heavy atom. The van der Waals surface area contributed by atoms with Gasteiger partial charge in [-0.05, 0) is 18.2 Å². The molecule has 3 nitrogen and oxygen atoms in total. The quantitative estimate of drug-likeness (QED) is 0.929.